The number of benzene rings is 2. The van der Waals surface area contributed by atoms with Crippen LogP contribution in [0.5, 0.6) is 5.75 Å². The standard InChI is InChI=1S/C22H24N2O2S/c1-3-4-5-17-6-10-19(11-7-17)24-22(25)18-8-12-20(13-9-18)26-14-21-23-16(2)15-27-21/h6-13,15H,3-5,14H2,1-2H3,(H,24,25). The molecule has 0 aliphatic rings. The van der Waals surface area contributed by atoms with Gasteiger partial charge in [0.25, 0.3) is 5.91 Å². The lowest BCUT2D eigenvalue weighted by Crippen LogP contribution is -2.11. The fourth-order valence-electron chi connectivity index (χ4n) is 2.66. The smallest absolute Gasteiger partial charge is 0.255 e. The minimum Gasteiger partial charge on any atom is -0.486 e. The molecule has 5 heteroatoms. The summed E-state index contributed by atoms with van der Waals surface area (Å²) in [5, 5.41) is 5.88. The summed E-state index contributed by atoms with van der Waals surface area (Å²) in [6.07, 6.45) is 3.44. The molecule has 0 saturated carbocycles. The Labute approximate surface area is 164 Å². The van der Waals surface area contributed by atoms with E-state index in [2.05, 4.69) is 29.4 Å². The first-order chi connectivity index (χ1) is 13.1. The van der Waals surface area contributed by atoms with Crippen LogP contribution in [0.4, 0.5) is 5.69 Å². The van der Waals surface area contributed by atoms with Crippen molar-refractivity contribution in [2.45, 2.75) is 39.7 Å². The molecule has 1 heterocycles. The van der Waals surface area contributed by atoms with Crippen LogP contribution in [-0.4, -0.2) is 10.9 Å². The van der Waals surface area contributed by atoms with Gasteiger partial charge >= 0.3 is 0 Å². The predicted octanol–water partition coefficient (Wildman–Crippen LogP) is 5.63. The van der Waals surface area contributed by atoms with Gasteiger partial charge in [0.1, 0.15) is 17.4 Å². The third kappa shape index (κ3) is 5.66. The number of aryl methyl sites for hydroxylation is 2. The van der Waals surface area contributed by atoms with Crippen LogP contribution in [0.25, 0.3) is 0 Å². The number of carbonyl (C=O) groups is 1. The predicted molar refractivity (Wildman–Crippen MR) is 111 cm³/mol. The molecule has 0 aliphatic carbocycles. The Morgan fingerprint density at radius 3 is 2.48 bits per heavy atom. The van der Waals surface area contributed by atoms with Crippen molar-refractivity contribution in [2.24, 2.45) is 0 Å². The van der Waals surface area contributed by atoms with Crippen LogP contribution in [0.2, 0.25) is 0 Å². The molecule has 1 amide bonds. The highest BCUT2D eigenvalue weighted by atomic mass is 32.1. The number of rotatable bonds is 8. The first kappa shape index (κ1) is 19.1. The van der Waals surface area contributed by atoms with Gasteiger partial charge in [-0.15, -0.1) is 11.3 Å². The number of aromatic nitrogens is 1. The van der Waals surface area contributed by atoms with Crippen molar-refractivity contribution in [1.29, 1.82) is 0 Å². The Balaban J connectivity index is 1.53. The third-order valence-corrected chi connectivity index (χ3v) is 5.12. The van der Waals surface area contributed by atoms with E-state index in [1.807, 2.05) is 36.6 Å². The van der Waals surface area contributed by atoms with Crippen LogP contribution >= 0.6 is 11.3 Å². The maximum atomic E-state index is 12.4. The lowest BCUT2D eigenvalue weighted by molar-refractivity contribution is 0.102. The molecule has 140 valence electrons. The van der Waals surface area contributed by atoms with E-state index in [0.29, 0.717) is 12.2 Å². The van der Waals surface area contributed by atoms with Gasteiger partial charge in [-0.1, -0.05) is 25.5 Å². The molecule has 0 unspecified atom stereocenters. The van der Waals surface area contributed by atoms with E-state index in [4.69, 9.17) is 4.74 Å². The molecule has 0 atom stereocenters. The molecule has 27 heavy (non-hydrogen) atoms. The maximum absolute atomic E-state index is 12.4. The van der Waals surface area contributed by atoms with E-state index >= 15 is 0 Å². The second-order valence-electron chi connectivity index (χ2n) is 6.45. The Bertz CT molecular complexity index is 870. The van der Waals surface area contributed by atoms with Crippen LogP contribution in [0.3, 0.4) is 0 Å². The number of nitrogens with one attached hydrogen (secondary N) is 1. The van der Waals surface area contributed by atoms with Gasteiger partial charge in [-0.25, -0.2) is 4.98 Å². The van der Waals surface area contributed by atoms with Crippen molar-refractivity contribution in [3.63, 3.8) is 0 Å². The Morgan fingerprint density at radius 1 is 1.11 bits per heavy atom. The van der Waals surface area contributed by atoms with E-state index in [1.165, 1.54) is 18.4 Å². The topological polar surface area (TPSA) is 51.2 Å². The fraction of sp³-hybridized carbons (Fsp3) is 0.273. The molecule has 3 aromatic rings. The molecule has 0 bridgehead atoms. The highest BCUT2D eigenvalue weighted by Gasteiger charge is 2.07. The zero-order chi connectivity index (χ0) is 19.1. The van der Waals surface area contributed by atoms with Gasteiger partial charge in [0, 0.05) is 22.3 Å². The number of nitrogens with zero attached hydrogens (tertiary/aromatic N) is 1. The molecule has 1 N–H and O–H groups in total. The number of amides is 1. The molecule has 0 aliphatic heterocycles. The monoisotopic (exact) mass is 380 g/mol. The van der Waals surface area contributed by atoms with E-state index in [0.717, 1.165) is 28.6 Å². The van der Waals surface area contributed by atoms with Gasteiger partial charge in [-0.05, 0) is 61.7 Å². The molecule has 0 fully saturated rings. The number of ether oxygens (including phenoxy) is 1. The number of carbonyl (C=O) groups excluding carboxylic acids is 1. The van der Waals surface area contributed by atoms with E-state index in [9.17, 15) is 4.79 Å². The largest absolute Gasteiger partial charge is 0.486 e. The average molecular weight is 381 g/mol. The lowest BCUT2D eigenvalue weighted by atomic mass is 10.1. The Morgan fingerprint density at radius 2 is 1.85 bits per heavy atom. The van der Waals surface area contributed by atoms with E-state index in [-0.39, 0.29) is 5.91 Å². The van der Waals surface area contributed by atoms with Crippen molar-refractivity contribution in [3.05, 3.63) is 75.7 Å². The average Bonchev–Trinajstić information content (AvgIpc) is 3.11. The summed E-state index contributed by atoms with van der Waals surface area (Å²) in [4.78, 5) is 16.8. The van der Waals surface area contributed by atoms with Crippen LogP contribution in [0, 0.1) is 6.92 Å². The quantitative estimate of drug-likeness (QED) is 0.551. The first-order valence-electron chi connectivity index (χ1n) is 9.18. The van der Waals surface area contributed by atoms with E-state index < -0.39 is 0 Å². The number of hydrogen-bond donors (Lipinski definition) is 1. The molecule has 0 spiro atoms. The van der Waals surface area contributed by atoms with Gasteiger partial charge in [0.2, 0.25) is 0 Å². The summed E-state index contributed by atoms with van der Waals surface area (Å²) in [5.74, 6) is 0.595. The first-order valence-corrected chi connectivity index (χ1v) is 10.1. The molecule has 2 aromatic carbocycles. The molecular formula is C22H24N2O2S. The second-order valence-corrected chi connectivity index (χ2v) is 7.39. The van der Waals surface area contributed by atoms with Crippen LogP contribution in [-0.2, 0) is 13.0 Å². The van der Waals surface area contributed by atoms with E-state index in [1.54, 1.807) is 23.5 Å². The summed E-state index contributed by atoms with van der Waals surface area (Å²) >= 11 is 1.58. The van der Waals surface area contributed by atoms with Crippen LogP contribution < -0.4 is 10.1 Å². The SMILES string of the molecule is CCCCc1ccc(NC(=O)c2ccc(OCc3nc(C)cs3)cc2)cc1. The van der Waals surface area contributed by atoms with Crippen molar-refractivity contribution >= 4 is 22.9 Å². The summed E-state index contributed by atoms with van der Waals surface area (Å²) in [7, 11) is 0. The van der Waals surface area contributed by atoms with Gasteiger partial charge in [0.05, 0.1) is 0 Å². The van der Waals surface area contributed by atoms with Crippen molar-refractivity contribution < 1.29 is 9.53 Å². The molecular weight excluding hydrogens is 356 g/mol. The Kier molecular flexibility index (Phi) is 6.60. The Hall–Kier alpha value is -2.66. The molecule has 1 aromatic heterocycles. The zero-order valence-electron chi connectivity index (χ0n) is 15.7. The molecule has 0 radical (unpaired) electrons. The van der Waals surface area contributed by atoms with Gasteiger partial charge in [-0.3, -0.25) is 4.79 Å². The van der Waals surface area contributed by atoms with Crippen LogP contribution in [0.15, 0.2) is 53.9 Å². The van der Waals surface area contributed by atoms with Gasteiger partial charge in [-0.2, -0.15) is 0 Å². The minimum absolute atomic E-state index is 0.126. The molecule has 4 nitrogen and oxygen atoms in total. The number of hydrogen-bond acceptors (Lipinski definition) is 4. The van der Waals surface area contributed by atoms with Crippen molar-refractivity contribution in [2.75, 3.05) is 5.32 Å². The highest BCUT2D eigenvalue weighted by Crippen LogP contribution is 2.18. The third-order valence-electron chi connectivity index (χ3n) is 4.18. The number of thiazole rings is 1. The summed E-state index contributed by atoms with van der Waals surface area (Å²) < 4.78 is 5.72. The maximum Gasteiger partial charge on any atom is 0.255 e. The number of anilines is 1. The zero-order valence-corrected chi connectivity index (χ0v) is 16.5. The van der Waals surface area contributed by atoms with Crippen molar-refractivity contribution in [3.8, 4) is 5.75 Å². The lowest BCUT2D eigenvalue weighted by Gasteiger charge is -2.08. The summed E-state index contributed by atoms with van der Waals surface area (Å²) in [5.41, 5.74) is 3.71. The van der Waals surface area contributed by atoms with Crippen molar-refractivity contribution in [1.82, 2.24) is 4.98 Å². The molecule has 0 saturated heterocycles. The van der Waals surface area contributed by atoms with Crippen LogP contribution in [0.1, 0.15) is 46.4 Å². The van der Waals surface area contributed by atoms with Gasteiger partial charge in [0.15, 0.2) is 0 Å². The number of unbranched alkanes of at least 4 members (excludes halogenated alkanes) is 1. The second kappa shape index (κ2) is 9.33. The molecule has 3 rings (SSSR count). The normalized spacial score (nSPS) is 10.6. The van der Waals surface area contributed by atoms with Gasteiger partial charge < -0.3 is 10.1 Å². The summed E-state index contributed by atoms with van der Waals surface area (Å²) in [6, 6.07) is 15.2. The fourth-order valence-corrected chi connectivity index (χ4v) is 3.34. The highest BCUT2D eigenvalue weighted by molar-refractivity contribution is 7.09. The minimum atomic E-state index is -0.126. The summed E-state index contributed by atoms with van der Waals surface area (Å²) in [6.45, 7) is 4.59.